The Morgan fingerprint density at radius 1 is 1.59 bits per heavy atom. The first-order chi connectivity index (χ1) is 8.02. The summed E-state index contributed by atoms with van der Waals surface area (Å²) in [5.74, 6) is 0.622. The summed E-state index contributed by atoms with van der Waals surface area (Å²) in [5.41, 5.74) is 6.31. The van der Waals surface area contributed by atoms with Gasteiger partial charge in [0, 0.05) is 0 Å². The molecule has 1 aromatic carbocycles. The van der Waals surface area contributed by atoms with E-state index in [1.807, 2.05) is 24.3 Å². The average Bonchev–Trinajstić information content (AvgIpc) is 2.28. The van der Waals surface area contributed by atoms with Crippen LogP contribution >= 0.6 is 12.2 Å². The predicted octanol–water partition coefficient (Wildman–Crippen LogP) is 1.03. The molecule has 1 rings (SSSR count). The summed E-state index contributed by atoms with van der Waals surface area (Å²) >= 11 is 4.78. The number of hydrogen-bond acceptors (Lipinski definition) is 3. The number of amides is 1. The van der Waals surface area contributed by atoms with Crippen LogP contribution in [0.1, 0.15) is 12.5 Å². The van der Waals surface area contributed by atoms with Gasteiger partial charge >= 0.3 is 0 Å². The first kappa shape index (κ1) is 13.4. The van der Waals surface area contributed by atoms with Crippen LogP contribution in [-0.2, 0) is 11.2 Å². The Bertz CT molecular complexity index is 421. The van der Waals surface area contributed by atoms with Crippen molar-refractivity contribution in [1.29, 1.82) is 0 Å². The van der Waals surface area contributed by atoms with E-state index in [1.54, 1.807) is 14.0 Å². The lowest BCUT2D eigenvalue weighted by Gasteiger charge is -2.12. The van der Waals surface area contributed by atoms with Crippen molar-refractivity contribution in [1.82, 2.24) is 5.32 Å². The van der Waals surface area contributed by atoms with Gasteiger partial charge in [0.25, 0.3) is 0 Å². The number of benzene rings is 1. The summed E-state index contributed by atoms with van der Waals surface area (Å²) in [5, 5.41) is 2.72. The smallest absolute Gasteiger partial charge is 0.224 e. The second-order valence-electron chi connectivity index (χ2n) is 3.72. The zero-order valence-electron chi connectivity index (χ0n) is 9.90. The lowest BCUT2D eigenvalue weighted by atomic mass is 10.1. The van der Waals surface area contributed by atoms with E-state index in [-0.39, 0.29) is 23.4 Å². The van der Waals surface area contributed by atoms with Crippen LogP contribution in [0.25, 0.3) is 0 Å². The molecule has 1 aromatic rings. The number of hydrogen-bond donors (Lipinski definition) is 2. The Morgan fingerprint density at radius 3 is 2.88 bits per heavy atom. The van der Waals surface area contributed by atoms with Crippen LogP contribution in [0, 0.1) is 0 Å². The van der Waals surface area contributed by atoms with Gasteiger partial charge < -0.3 is 15.8 Å². The minimum absolute atomic E-state index is 0.112. The molecule has 92 valence electrons. The molecule has 0 aromatic heterocycles. The van der Waals surface area contributed by atoms with Crippen LogP contribution in [0.5, 0.6) is 5.75 Å². The maximum Gasteiger partial charge on any atom is 0.224 e. The minimum Gasteiger partial charge on any atom is -0.497 e. The monoisotopic (exact) mass is 252 g/mol. The lowest BCUT2D eigenvalue weighted by Crippen LogP contribution is -2.41. The van der Waals surface area contributed by atoms with E-state index in [0.29, 0.717) is 0 Å². The highest BCUT2D eigenvalue weighted by atomic mass is 32.1. The summed E-state index contributed by atoms with van der Waals surface area (Å²) in [6, 6.07) is 7.08. The Labute approximate surface area is 106 Å². The molecule has 0 fully saturated rings. The molecule has 0 aliphatic rings. The van der Waals surface area contributed by atoms with Crippen LogP contribution in [0.4, 0.5) is 0 Å². The molecule has 0 spiro atoms. The zero-order chi connectivity index (χ0) is 12.8. The molecule has 1 amide bonds. The Balaban J connectivity index is 2.58. The van der Waals surface area contributed by atoms with Gasteiger partial charge in [0.15, 0.2) is 0 Å². The number of carbonyl (C=O) groups is 1. The van der Waals surface area contributed by atoms with Crippen LogP contribution in [-0.4, -0.2) is 24.0 Å². The third-order valence-electron chi connectivity index (χ3n) is 2.30. The molecule has 0 heterocycles. The van der Waals surface area contributed by atoms with E-state index in [2.05, 4.69) is 5.32 Å². The Morgan fingerprint density at radius 2 is 2.29 bits per heavy atom. The fourth-order valence-corrected chi connectivity index (χ4v) is 1.39. The molecule has 1 unspecified atom stereocenters. The number of nitrogens with two attached hydrogens (primary N) is 1. The third-order valence-corrected chi connectivity index (χ3v) is 2.66. The van der Waals surface area contributed by atoms with Crippen molar-refractivity contribution in [3.05, 3.63) is 29.8 Å². The van der Waals surface area contributed by atoms with Crippen LogP contribution < -0.4 is 15.8 Å². The predicted molar refractivity (Wildman–Crippen MR) is 71.1 cm³/mol. The quantitative estimate of drug-likeness (QED) is 0.768. The van der Waals surface area contributed by atoms with E-state index in [0.717, 1.165) is 11.3 Å². The van der Waals surface area contributed by atoms with Gasteiger partial charge in [0.2, 0.25) is 5.91 Å². The summed E-state index contributed by atoms with van der Waals surface area (Å²) < 4.78 is 5.08. The van der Waals surface area contributed by atoms with Crippen molar-refractivity contribution in [2.24, 2.45) is 5.73 Å². The molecule has 0 aliphatic heterocycles. The van der Waals surface area contributed by atoms with Crippen molar-refractivity contribution >= 4 is 23.1 Å². The summed E-state index contributed by atoms with van der Waals surface area (Å²) in [4.78, 5) is 11.9. The molecule has 0 saturated heterocycles. The van der Waals surface area contributed by atoms with Crippen LogP contribution in [0.2, 0.25) is 0 Å². The number of carbonyl (C=O) groups excluding carboxylic acids is 1. The van der Waals surface area contributed by atoms with E-state index in [4.69, 9.17) is 22.7 Å². The SMILES string of the molecule is COc1cccc(CC(=O)NC(C)C(N)=S)c1. The van der Waals surface area contributed by atoms with Gasteiger partial charge in [-0.15, -0.1) is 0 Å². The lowest BCUT2D eigenvalue weighted by molar-refractivity contribution is -0.120. The molecule has 0 saturated carbocycles. The number of rotatable bonds is 5. The first-order valence-electron chi connectivity index (χ1n) is 5.24. The Hall–Kier alpha value is -1.62. The number of methoxy groups -OCH3 is 1. The largest absolute Gasteiger partial charge is 0.497 e. The topological polar surface area (TPSA) is 64.3 Å². The standard InChI is InChI=1S/C12H16N2O2S/c1-8(12(13)17)14-11(15)7-9-4-3-5-10(6-9)16-2/h3-6,8H,7H2,1-2H3,(H2,13,17)(H,14,15). The van der Waals surface area contributed by atoms with Crippen LogP contribution in [0.3, 0.4) is 0 Å². The second kappa shape index (κ2) is 6.20. The van der Waals surface area contributed by atoms with Crippen molar-refractivity contribution < 1.29 is 9.53 Å². The number of thiocarbonyl (C=S) groups is 1. The van der Waals surface area contributed by atoms with Crippen LogP contribution in [0.15, 0.2) is 24.3 Å². The summed E-state index contributed by atoms with van der Waals surface area (Å²) in [6.45, 7) is 1.76. The molecule has 1 atom stereocenters. The molecule has 17 heavy (non-hydrogen) atoms. The van der Waals surface area contributed by atoms with Gasteiger partial charge in [0.1, 0.15) is 5.75 Å². The first-order valence-corrected chi connectivity index (χ1v) is 5.65. The molecular weight excluding hydrogens is 236 g/mol. The van der Waals surface area contributed by atoms with Gasteiger partial charge in [-0.25, -0.2) is 0 Å². The molecule has 0 aliphatic carbocycles. The highest BCUT2D eigenvalue weighted by Gasteiger charge is 2.10. The minimum atomic E-state index is -0.289. The van der Waals surface area contributed by atoms with Gasteiger partial charge in [-0.3, -0.25) is 4.79 Å². The molecular formula is C12H16N2O2S. The highest BCUT2D eigenvalue weighted by molar-refractivity contribution is 7.80. The summed E-state index contributed by atoms with van der Waals surface area (Å²) in [7, 11) is 1.59. The van der Waals surface area contributed by atoms with E-state index in [9.17, 15) is 4.79 Å². The van der Waals surface area contributed by atoms with E-state index >= 15 is 0 Å². The van der Waals surface area contributed by atoms with Crippen molar-refractivity contribution in [3.8, 4) is 5.75 Å². The normalized spacial score (nSPS) is 11.6. The molecule has 0 bridgehead atoms. The highest BCUT2D eigenvalue weighted by Crippen LogP contribution is 2.12. The van der Waals surface area contributed by atoms with Crippen molar-refractivity contribution in [3.63, 3.8) is 0 Å². The summed E-state index contributed by atoms with van der Waals surface area (Å²) in [6.07, 6.45) is 0.282. The molecule has 0 radical (unpaired) electrons. The fraction of sp³-hybridized carbons (Fsp3) is 0.333. The average molecular weight is 252 g/mol. The Kier molecular flexibility index (Phi) is 4.90. The second-order valence-corrected chi connectivity index (χ2v) is 4.19. The van der Waals surface area contributed by atoms with Crippen molar-refractivity contribution in [2.45, 2.75) is 19.4 Å². The van der Waals surface area contributed by atoms with Gasteiger partial charge in [-0.1, -0.05) is 24.4 Å². The van der Waals surface area contributed by atoms with E-state index in [1.165, 1.54) is 0 Å². The molecule has 3 N–H and O–H groups in total. The number of ether oxygens (including phenoxy) is 1. The molecule has 5 heteroatoms. The van der Waals surface area contributed by atoms with Gasteiger partial charge in [-0.05, 0) is 24.6 Å². The fourth-order valence-electron chi connectivity index (χ4n) is 1.33. The van der Waals surface area contributed by atoms with Crippen molar-refractivity contribution in [2.75, 3.05) is 7.11 Å². The maximum atomic E-state index is 11.7. The maximum absolute atomic E-state index is 11.7. The van der Waals surface area contributed by atoms with E-state index < -0.39 is 0 Å². The number of nitrogens with one attached hydrogen (secondary N) is 1. The third kappa shape index (κ3) is 4.40. The molecule has 4 nitrogen and oxygen atoms in total. The zero-order valence-corrected chi connectivity index (χ0v) is 10.7. The van der Waals surface area contributed by atoms with Gasteiger partial charge in [-0.2, -0.15) is 0 Å². The van der Waals surface area contributed by atoms with Gasteiger partial charge in [0.05, 0.1) is 24.6 Å².